The normalized spacial score (nSPS) is 10.8. The van der Waals surface area contributed by atoms with E-state index in [0.717, 1.165) is 53.7 Å². The number of hydrogen-bond acceptors (Lipinski definition) is 4. The first-order valence-electron chi connectivity index (χ1n) is 11.8. The Bertz CT molecular complexity index is 1550. The second-order valence-electron chi connectivity index (χ2n) is 9.34. The number of primary amides is 2. The zero-order chi connectivity index (χ0) is 27.7. The van der Waals surface area contributed by atoms with Gasteiger partial charge < -0.3 is 21.3 Å². The van der Waals surface area contributed by atoms with Crippen LogP contribution in [0.1, 0.15) is 20.7 Å². The number of amides is 2. The molecule has 0 aliphatic carbocycles. The molecular formula is C30H28Br2N4O2. The maximum absolute atomic E-state index is 12.8. The molecule has 0 saturated heterocycles. The molecule has 0 spiro atoms. The van der Waals surface area contributed by atoms with Gasteiger partial charge in [0.25, 0.3) is 0 Å². The highest BCUT2D eigenvalue weighted by Crippen LogP contribution is 2.45. The molecule has 4 rings (SSSR count). The quantitative estimate of drug-likeness (QED) is 0.241. The van der Waals surface area contributed by atoms with Gasteiger partial charge in [0, 0.05) is 53.8 Å². The van der Waals surface area contributed by atoms with E-state index >= 15 is 0 Å². The van der Waals surface area contributed by atoms with Crippen molar-refractivity contribution in [1.82, 2.24) is 0 Å². The fourth-order valence-corrected chi connectivity index (χ4v) is 5.98. The molecule has 4 aromatic carbocycles. The van der Waals surface area contributed by atoms with Gasteiger partial charge in [-0.15, -0.1) is 0 Å². The largest absolute Gasteiger partial charge is 0.377 e. The highest BCUT2D eigenvalue weighted by atomic mass is 79.9. The summed E-state index contributed by atoms with van der Waals surface area (Å²) in [6, 6.07) is 22.9. The maximum atomic E-state index is 12.8. The molecule has 0 fully saturated rings. The number of carbonyl (C=O) groups excluding carboxylic acids is 2. The first-order valence-corrected chi connectivity index (χ1v) is 13.4. The molecule has 38 heavy (non-hydrogen) atoms. The van der Waals surface area contributed by atoms with Gasteiger partial charge in [0.2, 0.25) is 11.8 Å². The summed E-state index contributed by atoms with van der Waals surface area (Å²) >= 11 is 7.41. The van der Waals surface area contributed by atoms with Crippen LogP contribution in [0, 0.1) is 0 Å². The molecule has 0 aliphatic rings. The van der Waals surface area contributed by atoms with Gasteiger partial charge in [-0.3, -0.25) is 9.59 Å². The third-order valence-corrected chi connectivity index (χ3v) is 7.66. The molecule has 0 bridgehead atoms. The molecule has 6 nitrogen and oxygen atoms in total. The third kappa shape index (κ3) is 5.33. The van der Waals surface area contributed by atoms with Crippen LogP contribution >= 0.6 is 31.9 Å². The Morgan fingerprint density at radius 2 is 1.08 bits per heavy atom. The van der Waals surface area contributed by atoms with Gasteiger partial charge in [-0.1, -0.05) is 30.3 Å². The third-order valence-electron chi connectivity index (χ3n) is 6.39. The summed E-state index contributed by atoms with van der Waals surface area (Å²) in [7, 11) is 7.91. The maximum Gasteiger partial charge on any atom is 0.249 e. The predicted molar refractivity (Wildman–Crippen MR) is 164 cm³/mol. The molecule has 0 saturated carbocycles. The monoisotopic (exact) mass is 634 g/mol. The Balaban J connectivity index is 2.10. The van der Waals surface area contributed by atoms with Gasteiger partial charge in [-0.2, -0.15) is 0 Å². The number of anilines is 2. The van der Waals surface area contributed by atoms with Crippen LogP contribution in [0.5, 0.6) is 0 Å². The van der Waals surface area contributed by atoms with E-state index in [2.05, 4.69) is 31.9 Å². The first-order chi connectivity index (χ1) is 18.0. The van der Waals surface area contributed by atoms with Crippen LogP contribution in [0.25, 0.3) is 33.4 Å². The summed E-state index contributed by atoms with van der Waals surface area (Å²) in [6.45, 7) is 0. The molecule has 0 aromatic heterocycles. The number of rotatable bonds is 7. The molecule has 0 heterocycles. The van der Waals surface area contributed by atoms with Crippen LogP contribution < -0.4 is 21.3 Å². The highest BCUT2D eigenvalue weighted by Gasteiger charge is 2.22. The van der Waals surface area contributed by atoms with Gasteiger partial charge in [-0.05, 0) is 102 Å². The van der Waals surface area contributed by atoms with Crippen molar-refractivity contribution >= 4 is 55.0 Å². The first kappa shape index (κ1) is 27.4. The van der Waals surface area contributed by atoms with Gasteiger partial charge >= 0.3 is 0 Å². The smallest absolute Gasteiger partial charge is 0.249 e. The van der Waals surface area contributed by atoms with E-state index in [1.807, 2.05) is 92.6 Å². The molecule has 194 valence electrons. The minimum atomic E-state index is -0.520. The molecule has 0 atom stereocenters. The Hall–Kier alpha value is -3.62. The SMILES string of the molecule is CN(C)c1ccc(-c2c(C(N)=O)ccc(-c3ccc(C(N)=O)cc3)c2-c2ccc(N(C)C)c(Br)c2)cc1Br. The topological polar surface area (TPSA) is 92.7 Å². The molecule has 2 amide bonds. The fourth-order valence-electron chi connectivity index (χ4n) is 4.51. The molecular weight excluding hydrogens is 608 g/mol. The van der Waals surface area contributed by atoms with Crippen molar-refractivity contribution in [3.05, 3.63) is 92.9 Å². The number of nitrogens with zero attached hydrogens (tertiary/aromatic N) is 2. The van der Waals surface area contributed by atoms with Crippen molar-refractivity contribution in [2.45, 2.75) is 0 Å². The van der Waals surface area contributed by atoms with Crippen molar-refractivity contribution in [1.29, 1.82) is 0 Å². The predicted octanol–water partition coefficient (Wildman–Crippen LogP) is 6.54. The Morgan fingerprint density at radius 3 is 1.50 bits per heavy atom. The van der Waals surface area contributed by atoms with Gasteiger partial charge in [0.15, 0.2) is 0 Å². The number of hydrogen-bond donors (Lipinski definition) is 2. The van der Waals surface area contributed by atoms with E-state index in [1.54, 1.807) is 18.2 Å². The van der Waals surface area contributed by atoms with Crippen molar-refractivity contribution < 1.29 is 9.59 Å². The van der Waals surface area contributed by atoms with Crippen LogP contribution in [0.15, 0.2) is 81.7 Å². The standard InChI is InChI=1S/C30H28Br2N4O2/c1-35(2)25-13-9-19(15-23(25)31)27-21(17-5-7-18(8-6-17)29(33)37)11-12-22(30(34)38)28(27)20-10-14-26(36(3)4)24(32)16-20/h5-16H,1-4H3,(H2,33,37)(H2,34,38). The fraction of sp³-hybridized carbons (Fsp3) is 0.133. The summed E-state index contributed by atoms with van der Waals surface area (Å²) < 4.78 is 1.80. The number of nitrogens with two attached hydrogens (primary N) is 2. The van der Waals surface area contributed by atoms with Crippen LogP contribution in [-0.4, -0.2) is 40.0 Å². The molecule has 0 radical (unpaired) electrons. The molecule has 0 aliphatic heterocycles. The van der Waals surface area contributed by atoms with E-state index < -0.39 is 11.8 Å². The van der Waals surface area contributed by atoms with Gasteiger partial charge in [-0.25, -0.2) is 0 Å². The second-order valence-corrected chi connectivity index (χ2v) is 11.0. The lowest BCUT2D eigenvalue weighted by Crippen LogP contribution is -2.14. The van der Waals surface area contributed by atoms with E-state index in [9.17, 15) is 9.59 Å². The van der Waals surface area contributed by atoms with Crippen molar-refractivity contribution in [3.63, 3.8) is 0 Å². The highest BCUT2D eigenvalue weighted by molar-refractivity contribution is 9.11. The lowest BCUT2D eigenvalue weighted by Gasteiger charge is -2.22. The Labute approximate surface area is 239 Å². The molecule has 4 aromatic rings. The summed E-state index contributed by atoms with van der Waals surface area (Å²) in [5.74, 6) is -1.01. The summed E-state index contributed by atoms with van der Waals surface area (Å²) in [4.78, 5) is 28.5. The summed E-state index contributed by atoms with van der Waals surface area (Å²) in [6.07, 6.45) is 0. The minimum absolute atomic E-state index is 0.412. The van der Waals surface area contributed by atoms with Crippen LogP contribution in [0.2, 0.25) is 0 Å². The minimum Gasteiger partial charge on any atom is -0.377 e. The van der Waals surface area contributed by atoms with Crippen LogP contribution in [-0.2, 0) is 0 Å². The molecule has 0 unspecified atom stereocenters. The number of benzene rings is 4. The zero-order valence-electron chi connectivity index (χ0n) is 21.5. The van der Waals surface area contributed by atoms with E-state index in [1.165, 1.54) is 0 Å². The van der Waals surface area contributed by atoms with Crippen LogP contribution in [0.4, 0.5) is 11.4 Å². The average Bonchev–Trinajstić information content (AvgIpc) is 2.87. The van der Waals surface area contributed by atoms with Crippen LogP contribution in [0.3, 0.4) is 0 Å². The van der Waals surface area contributed by atoms with Gasteiger partial charge in [0.05, 0.1) is 11.4 Å². The summed E-state index contributed by atoms with van der Waals surface area (Å²) in [5, 5.41) is 0. The van der Waals surface area contributed by atoms with E-state index in [0.29, 0.717) is 11.1 Å². The second kappa shape index (κ2) is 11.0. The molecule has 8 heteroatoms. The lowest BCUT2D eigenvalue weighted by molar-refractivity contribution is 0.0992. The van der Waals surface area contributed by atoms with E-state index in [4.69, 9.17) is 11.5 Å². The number of carbonyl (C=O) groups is 2. The Morgan fingerprint density at radius 1 is 0.605 bits per heavy atom. The van der Waals surface area contributed by atoms with Crippen molar-refractivity contribution in [2.24, 2.45) is 11.5 Å². The molecule has 4 N–H and O–H groups in total. The average molecular weight is 636 g/mol. The van der Waals surface area contributed by atoms with Gasteiger partial charge in [0.1, 0.15) is 0 Å². The zero-order valence-corrected chi connectivity index (χ0v) is 24.7. The lowest BCUT2D eigenvalue weighted by atomic mass is 9.84. The van der Waals surface area contributed by atoms with Crippen molar-refractivity contribution in [2.75, 3.05) is 38.0 Å². The van der Waals surface area contributed by atoms with Crippen molar-refractivity contribution in [3.8, 4) is 33.4 Å². The van der Waals surface area contributed by atoms with E-state index in [-0.39, 0.29) is 0 Å². The Kier molecular flexibility index (Phi) is 7.94. The summed E-state index contributed by atoms with van der Waals surface area (Å²) in [5.41, 5.74) is 19.3. The number of halogens is 2.